The molecular weight excluding hydrogens is 372 g/mol. The number of ether oxygens (including phenoxy) is 2. The molecule has 0 amide bonds. The Labute approximate surface area is 153 Å². The minimum absolute atomic E-state index is 0.0149. The number of carbonyl (C=O) groups excluding carboxylic acids is 2. The molecule has 3 atom stereocenters. The highest BCUT2D eigenvalue weighted by Crippen LogP contribution is 2.33. The van der Waals surface area contributed by atoms with E-state index in [4.69, 9.17) is 9.47 Å². The molecule has 0 aliphatic carbocycles. The molecule has 0 spiro atoms. The van der Waals surface area contributed by atoms with Gasteiger partial charge in [-0.2, -0.15) is 0 Å². The Bertz CT molecular complexity index is 536. The molecule has 134 valence electrons. The van der Waals surface area contributed by atoms with Crippen LogP contribution in [0.5, 0.6) is 0 Å². The van der Waals surface area contributed by atoms with Gasteiger partial charge in [0.25, 0.3) is 0 Å². The molecule has 0 heterocycles. The van der Waals surface area contributed by atoms with Crippen molar-refractivity contribution in [2.45, 2.75) is 51.0 Å². The van der Waals surface area contributed by atoms with Crippen molar-refractivity contribution in [2.75, 3.05) is 7.11 Å². The summed E-state index contributed by atoms with van der Waals surface area (Å²) >= 11 is 3.65. The maximum Gasteiger partial charge on any atom is 0.309 e. The minimum Gasteiger partial charge on any atom is -0.469 e. The normalized spacial score (nSPS) is 15.2. The molecule has 0 saturated carbocycles. The van der Waals surface area contributed by atoms with Crippen molar-refractivity contribution < 1.29 is 19.1 Å². The van der Waals surface area contributed by atoms with Crippen LogP contribution in [0.4, 0.5) is 0 Å². The van der Waals surface area contributed by atoms with Gasteiger partial charge < -0.3 is 9.47 Å². The third-order valence-corrected chi connectivity index (χ3v) is 4.54. The number of hydrogen-bond acceptors (Lipinski definition) is 4. The van der Waals surface area contributed by atoms with E-state index in [1.54, 1.807) is 6.92 Å². The maximum atomic E-state index is 12.6. The lowest BCUT2D eigenvalue weighted by Crippen LogP contribution is -2.31. The molecule has 0 bridgehead atoms. The van der Waals surface area contributed by atoms with Crippen LogP contribution in [0, 0.1) is 11.8 Å². The van der Waals surface area contributed by atoms with Gasteiger partial charge >= 0.3 is 11.9 Å². The van der Waals surface area contributed by atoms with Crippen LogP contribution in [0.15, 0.2) is 30.3 Å². The van der Waals surface area contributed by atoms with Crippen molar-refractivity contribution in [2.24, 2.45) is 11.8 Å². The number of halogens is 1. The van der Waals surface area contributed by atoms with Gasteiger partial charge in [0.15, 0.2) is 0 Å². The first-order valence-electron chi connectivity index (χ1n) is 8.13. The second-order valence-electron chi connectivity index (χ2n) is 7.00. The van der Waals surface area contributed by atoms with E-state index < -0.39 is 5.60 Å². The minimum atomic E-state index is -0.557. The molecule has 0 N–H and O–H groups in total. The summed E-state index contributed by atoms with van der Waals surface area (Å²) in [5, 5.41) is 0. The fraction of sp³-hybridized carbons (Fsp3) is 0.579. The van der Waals surface area contributed by atoms with Crippen molar-refractivity contribution >= 4 is 27.9 Å². The smallest absolute Gasteiger partial charge is 0.309 e. The van der Waals surface area contributed by atoms with Crippen molar-refractivity contribution in [3.8, 4) is 0 Å². The van der Waals surface area contributed by atoms with Gasteiger partial charge in [0.05, 0.1) is 18.9 Å². The van der Waals surface area contributed by atoms with Crippen LogP contribution in [0.1, 0.15) is 50.9 Å². The quantitative estimate of drug-likeness (QED) is 0.494. The van der Waals surface area contributed by atoms with Crippen molar-refractivity contribution in [3.63, 3.8) is 0 Å². The molecule has 1 rings (SSSR count). The van der Waals surface area contributed by atoms with E-state index >= 15 is 0 Å². The Morgan fingerprint density at radius 1 is 1.08 bits per heavy atom. The summed E-state index contributed by atoms with van der Waals surface area (Å²) in [7, 11) is 1.36. The number of hydrogen-bond donors (Lipinski definition) is 0. The number of benzene rings is 1. The molecule has 3 unspecified atom stereocenters. The summed E-state index contributed by atoms with van der Waals surface area (Å²) in [6.07, 6.45) is 0.955. The standard InChI is InChI=1S/C19H27BrO4/c1-13(17(21)23-5)11-15(18(22)24-19(2,3)4)12-16(20)14-9-7-6-8-10-14/h6-10,13,15-16H,11-12H2,1-5H3. The second kappa shape index (κ2) is 9.21. The zero-order valence-electron chi connectivity index (χ0n) is 15.0. The van der Waals surface area contributed by atoms with Gasteiger partial charge in [0.2, 0.25) is 0 Å². The average Bonchev–Trinajstić information content (AvgIpc) is 2.52. The van der Waals surface area contributed by atoms with Gasteiger partial charge in [-0.3, -0.25) is 9.59 Å². The van der Waals surface area contributed by atoms with Gasteiger partial charge in [0.1, 0.15) is 5.60 Å². The fourth-order valence-electron chi connectivity index (χ4n) is 2.45. The predicted octanol–water partition coefficient (Wildman–Crippen LogP) is 4.67. The molecule has 0 aromatic heterocycles. The van der Waals surface area contributed by atoms with Crippen LogP contribution in [-0.4, -0.2) is 24.6 Å². The molecule has 0 aliphatic heterocycles. The number of carbonyl (C=O) groups is 2. The highest BCUT2D eigenvalue weighted by molar-refractivity contribution is 9.09. The van der Waals surface area contributed by atoms with Crippen LogP contribution in [-0.2, 0) is 19.1 Å². The Balaban J connectivity index is 2.87. The molecule has 24 heavy (non-hydrogen) atoms. The molecule has 4 nitrogen and oxygen atoms in total. The Hall–Kier alpha value is -1.36. The number of alkyl halides is 1. The van der Waals surface area contributed by atoms with Crippen LogP contribution in [0.2, 0.25) is 0 Å². The van der Waals surface area contributed by atoms with Crippen molar-refractivity contribution in [1.82, 2.24) is 0 Å². The molecule has 0 saturated heterocycles. The topological polar surface area (TPSA) is 52.6 Å². The lowest BCUT2D eigenvalue weighted by molar-refractivity contribution is -0.161. The highest BCUT2D eigenvalue weighted by atomic mass is 79.9. The number of esters is 2. The first-order chi connectivity index (χ1) is 11.1. The van der Waals surface area contributed by atoms with Gasteiger partial charge in [0, 0.05) is 4.83 Å². The second-order valence-corrected chi connectivity index (χ2v) is 8.11. The third kappa shape index (κ3) is 7.04. The summed E-state index contributed by atoms with van der Waals surface area (Å²) in [6, 6.07) is 9.89. The van der Waals surface area contributed by atoms with Crippen LogP contribution in [0.3, 0.4) is 0 Å². The van der Waals surface area contributed by atoms with E-state index in [1.165, 1.54) is 7.11 Å². The summed E-state index contributed by atoms with van der Waals surface area (Å²) in [5.41, 5.74) is 0.537. The largest absolute Gasteiger partial charge is 0.469 e. The lowest BCUT2D eigenvalue weighted by atomic mass is 9.90. The monoisotopic (exact) mass is 398 g/mol. The first-order valence-corrected chi connectivity index (χ1v) is 9.05. The van der Waals surface area contributed by atoms with Crippen LogP contribution < -0.4 is 0 Å². The zero-order chi connectivity index (χ0) is 18.3. The molecule has 0 radical (unpaired) electrons. The summed E-state index contributed by atoms with van der Waals surface area (Å²) in [4.78, 5) is 24.3. The zero-order valence-corrected chi connectivity index (χ0v) is 16.6. The van der Waals surface area contributed by atoms with Gasteiger partial charge in [-0.15, -0.1) is 0 Å². The average molecular weight is 399 g/mol. The fourth-order valence-corrected chi connectivity index (χ4v) is 3.20. The lowest BCUT2D eigenvalue weighted by Gasteiger charge is -2.26. The third-order valence-electron chi connectivity index (χ3n) is 3.63. The van der Waals surface area contributed by atoms with E-state index in [0.29, 0.717) is 12.8 Å². The molecule has 0 fully saturated rings. The number of methoxy groups -OCH3 is 1. The van der Waals surface area contributed by atoms with E-state index in [0.717, 1.165) is 5.56 Å². The first kappa shape index (κ1) is 20.7. The Morgan fingerprint density at radius 3 is 2.17 bits per heavy atom. The predicted molar refractivity (Wildman–Crippen MR) is 97.9 cm³/mol. The Morgan fingerprint density at radius 2 is 1.67 bits per heavy atom. The molecule has 1 aromatic carbocycles. The van der Waals surface area contributed by atoms with E-state index in [9.17, 15) is 9.59 Å². The summed E-state index contributed by atoms with van der Waals surface area (Å²) in [6.45, 7) is 7.30. The molecule has 5 heteroatoms. The van der Waals surface area contributed by atoms with E-state index in [-0.39, 0.29) is 28.6 Å². The van der Waals surface area contributed by atoms with Gasteiger partial charge in [-0.1, -0.05) is 53.2 Å². The molecule has 1 aromatic rings. The van der Waals surface area contributed by atoms with Crippen LogP contribution in [0.25, 0.3) is 0 Å². The highest BCUT2D eigenvalue weighted by Gasteiger charge is 2.31. The summed E-state index contributed by atoms with van der Waals surface area (Å²) in [5.74, 6) is -1.33. The maximum absolute atomic E-state index is 12.6. The van der Waals surface area contributed by atoms with Gasteiger partial charge in [-0.25, -0.2) is 0 Å². The van der Waals surface area contributed by atoms with Gasteiger partial charge in [-0.05, 0) is 39.2 Å². The molecular formula is C19H27BrO4. The van der Waals surface area contributed by atoms with E-state index in [1.807, 2.05) is 51.1 Å². The SMILES string of the molecule is COC(=O)C(C)CC(CC(Br)c1ccccc1)C(=O)OC(C)(C)C. The molecule has 0 aliphatic rings. The number of rotatable bonds is 7. The summed E-state index contributed by atoms with van der Waals surface area (Å²) < 4.78 is 10.3. The van der Waals surface area contributed by atoms with E-state index in [2.05, 4.69) is 15.9 Å². The van der Waals surface area contributed by atoms with Crippen molar-refractivity contribution in [3.05, 3.63) is 35.9 Å². The Kier molecular flexibility index (Phi) is 7.94. The van der Waals surface area contributed by atoms with Crippen molar-refractivity contribution in [1.29, 1.82) is 0 Å². The van der Waals surface area contributed by atoms with Crippen LogP contribution >= 0.6 is 15.9 Å².